The van der Waals surface area contributed by atoms with Gasteiger partial charge in [-0.05, 0) is 48.9 Å². The third-order valence-electron chi connectivity index (χ3n) is 4.46. The molecule has 1 aromatic carbocycles. The van der Waals surface area contributed by atoms with Gasteiger partial charge in [0, 0.05) is 26.2 Å². The van der Waals surface area contributed by atoms with Gasteiger partial charge in [-0.2, -0.15) is 5.10 Å². The topological polar surface area (TPSA) is 38.1 Å². The molecule has 1 aromatic heterocycles. The van der Waals surface area contributed by atoms with E-state index < -0.39 is 0 Å². The van der Waals surface area contributed by atoms with Crippen LogP contribution >= 0.6 is 0 Å². The van der Waals surface area contributed by atoms with Crippen molar-refractivity contribution in [2.75, 3.05) is 6.54 Å². The van der Waals surface area contributed by atoms with Crippen LogP contribution in [0.2, 0.25) is 0 Å². The number of amides is 1. The van der Waals surface area contributed by atoms with Gasteiger partial charge in [0.15, 0.2) is 0 Å². The molecular weight excluding hydrogens is 293 g/mol. The Bertz CT molecular complexity index is 665. The molecule has 1 aliphatic rings. The third kappa shape index (κ3) is 3.78. The van der Waals surface area contributed by atoms with Gasteiger partial charge in [-0.3, -0.25) is 9.48 Å². The molecule has 0 bridgehead atoms. The molecule has 0 saturated carbocycles. The minimum absolute atomic E-state index is 0.0748. The molecular formula is C18H22FN3O. The molecule has 23 heavy (non-hydrogen) atoms. The van der Waals surface area contributed by atoms with E-state index in [1.54, 1.807) is 23.0 Å². The Morgan fingerprint density at radius 1 is 1.30 bits per heavy atom. The minimum Gasteiger partial charge on any atom is -0.336 e. The van der Waals surface area contributed by atoms with Gasteiger partial charge in [0.25, 0.3) is 0 Å². The van der Waals surface area contributed by atoms with Crippen LogP contribution in [0.15, 0.2) is 36.7 Å². The Kier molecular flexibility index (Phi) is 4.74. The summed E-state index contributed by atoms with van der Waals surface area (Å²) in [7, 11) is 1.88. The SMILES string of the molecule is Cn1cc(CCC(=O)N2CCCCC2c2ccc(F)cc2)cn1. The Balaban J connectivity index is 1.67. The first kappa shape index (κ1) is 15.7. The first-order valence-corrected chi connectivity index (χ1v) is 8.16. The molecule has 0 aliphatic carbocycles. The van der Waals surface area contributed by atoms with Crippen molar-refractivity contribution in [3.8, 4) is 0 Å². The number of hydrogen-bond acceptors (Lipinski definition) is 2. The molecule has 1 atom stereocenters. The normalized spacial score (nSPS) is 18.2. The predicted octanol–water partition coefficient (Wildman–Crippen LogP) is 3.25. The van der Waals surface area contributed by atoms with E-state index >= 15 is 0 Å². The fourth-order valence-electron chi connectivity index (χ4n) is 3.26. The Morgan fingerprint density at radius 2 is 2.09 bits per heavy atom. The maximum atomic E-state index is 13.1. The highest BCUT2D eigenvalue weighted by Crippen LogP contribution is 2.31. The zero-order valence-corrected chi connectivity index (χ0v) is 13.4. The van der Waals surface area contributed by atoms with E-state index in [0.717, 1.165) is 36.9 Å². The van der Waals surface area contributed by atoms with Gasteiger partial charge in [-0.15, -0.1) is 0 Å². The van der Waals surface area contributed by atoms with Gasteiger partial charge < -0.3 is 4.90 Å². The predicted molar refractivity (Wildman–Crippen MR) is 86.2 cm³/mol. The highest BCUT2D eigenvalue weighted by Gasteiger charge is 2.27. The van der Waals surface area contributed by atoms with Crippen molar-refractivity contribution in [3.63, 3.8) is 0 Å². The van der Waals surface area contributed by atoms with E-state index in [-0.39, 0.29) is 17.8 Å². The van der Waals surface area contributed by atoms with Crippen molar-refractivity contribution in [3.05, 3.63) is 53.6 Å². The first-order chi connectivity index (χ1) is 11.1. The molecule has 1 amide bonds. The monoisotopic (exact) mass is 315 g/mol. The van der Waals surface area contributed by atoms with Crippen molar-refractivity contribution in [1.29, 1.82) is 0 Å². The third-order valence-corrected chi connectivity index (χ3v) is 4.46. The van der Waals surface area contributed by atoms with Crippen LogP contribution < -0.4 is 0 Å². The summed E-state index contributed by atoms with van der Waals surface area (Å²) in [6, 6.07) is 6.62. The van der Waals surface area contributed by atoms with E-state index in [0.29, 0.717) is 12.8 Å². The van der Waals surface area contributed by atoms with Crippen LogP contribution in [0.4, 0.5) is 4.39 Å². The zero-order chi connectivity index (χ0) is 16.2. The molecule has 1 fully saturated rings. The van der Waals surface area contributed by atoms with Crippen LogP contribution in [0, 0.1) is 5.82 Å². The molecule has 122 valence electrons. The summed E-state index contributed by atoms with van der Waals surface area (Å²) in [6.07, 6.45) is 8.04. The van der Waals surface area contributed by atoms with Crippen molar-refractivity contribution < 1.29 is 9.18 Å². The van der Waals surface area contributed by atoms with Crippen molar-refractivity contribution in [2.45, 2.75) is 38.1 Å². The molecule has 1 saturated heterocycles. The Hall–Kier alpha value is -2.17. The van der Waals surface area contributed by atoms with Crippen LogP contribution in [0.3, 0.4) is 0 Å². The largest absolute Gasteiger partial charge is 0.336 e. The maximum absolute atomic E-state index is 13.1. The standard InChI is InChI=1S/C18H22FN3O/c1-21-13-14(12-20-21)5-10-18(23)22-11-3-2-4-17(22)15-6-8-16(19)9-7-15/h6-9,12-13,17H,2-5,10-11H2,1H3. The molecule has 2 heterocycles. The molecule has 0 radical (unpaired) electrons. The summed E-state index contributed by atoms with van der Waals surface area (Å²) in [5.41, 5.74) is 2.11. The summed E-state index contributed by atoms with van der Waals surface area (Å²) >= 11 is 0. The minimum atomic E-state index is -0.237. The van der Waals surface area contributed by atoms with E-state index in [9.17, 15) is 9.18 Å². The number of halogens is 1. The van der Waals surface area contributed by atoms with Gasteiger partial charge in [-0.1, -0.05) is 12.1 Å². The summed E-state index contributed by atoms with van der Waals surface area (Å²) in [4.78, 5) is 14.6. The molecule has 1 aliphatic heterocycles. The van der Waals surface area contributed by atoms with Crippen LogP contribution in [-0.4, -0.2) is 27.1 Å². The number of benzene rings is 1. The van der Waals surface area contributed by atoms with E-state index in [2.05, 4.69) is 5.10 Å². The number of aryl methyl sites for hydroxylation is 2. The van der Waals surface area contributed by atoms with E-state index in [1.807, 2.05) is 18.1 Å². The molecule has 4 nitrogen and oxygen atoms in total. The lowest BCUT2D eigenvalue weighted by Gasteiger charge is -2.36. The Morgan fingerprint density at radius 3 is 2.78 bits per heavy atom. The lowest BCUT2D eigenvalue weighted by molar-refractivity contribution is -0.135. The zero-order valence-electron chi connectivity index (χ0n) is 13.4. The molecule has 1 unspecified atom stereocenters. The quantitative estimate of drug-likeness (QED) is 0.868. The maximum Gasteiger partial charge on any atom is 0.223 e. The number of carbonyl (C=O) groups is 1. The molecule has 3 rings (SSSR count). The summed E-state index contributed by atoms with van der Waals surface area (Å²) < 4.78 is 14.9. The number of likely N-dealkylation sites (tertiary alicyclic amines) is 1. The number of carbonyl (C=O) groups excluding carboxylic acids is 1. The van der Waals surface area contributed by atoms with Gasteiger partial charge in [0.1, 0.15) is 5.82 Å². The van der Waals surface area contributed by atoms with Crippen molar-refractivity contribution in [2.24, 2.45) is 7.05 Å². The number of hydrogen-bond donors (Lipinski definition) is 0. The number of nitrogens with zero attached hydrogens (tertiary/aromatic N) is 3. The summed E-state index contributed by atoms with van der Waals surface area (Å²) in [6.45, 7) is 0.786. The smallest absolute Gasteiger partial charge is 0.223 e. The van der Waals surface area contributed by atoms with Crippen LogP contribution in [-0.2, 0) is 18.3 Å². The average molecular weight is 315 g/mol. The summed E-state index contributed by atoms with van der Waals surface area (Å²) in [5.74, 6) is -0.0677. The average Bonchev–Trinajstić information content (AvgIpc) is 2.99. The van der Waals surface area contributed by atoms with E-state index in [1.165, 1.54) is 12.1 Å². The van der Waals surface area contributed by atoms with Crippen LogP contribution in [0.1, 0.15) is 42.9 Å². The fraction of sp³-hybridized carbons (Fsp3) is 0.444. The molecule has 0 N–H and O–H groups in total. The second-order valence-electron chi connectivity index (χ2n) is 6.17. The second kappa shape index (κ2) is 6.94. The lowest BCUT2D eigenvalue weighted by atomic mass is 9.94. The highest BCUT2D eigenvalue weighted by atomic mass is 19.1. The Labute approximate surface area is 135 Å². The van der Waals surface area contributed by atoms with E-state index in [4.69, 9.17) is 0 Å². The summed E-state index contributed by atoms with van der Waals surface area (Å²) in [5, 5.41) is 4.13. The highest BCUT2D eigenvalue weighted by molar-refractivity contribution is 5.77. The lowest BCUT2D eigenvalue weighted by Crippen LogP contribution is -2.38. The van der Waals surface area contributed by atoms with Gasteiger partial charge >= 0.3 is 0 Å². The first-order valence-electron chi connectivity index (χ1n) is 8.16. The van der Waals surface area contributed by atoms with Gasteiger partial charge in [-0.25, -0.2) is 4.39 Å². The number of aromatic nitrogens is 2. The van der Waals surface area contributed by atoms with Crippen molar-refractivity contribution >= 4 is 5.91 Å². The number of piperidine rings is 1. The molecule has 0 spiro atoms. The molecule has 2 aromatic rings. The van der Waals surface area contributed by atoms with Crippen molar-refractivity contribution in [1.82, 2.24) is 14.7 Å². The van der Waals surface area contributed by atoms with Crippen LogP contribution in [0.25, 0.3) is 0 Å². The van der Waals surface area contributed by atoms with Crippen LogP contribution in [0.5, 0.6) is 0 Å². The number of rotatable bonds is 4. The second-order valence-corrected chi connectivity index (χ2v) is 6.17. The fourth-order valence-corrected chi connectivity index (χ4v) is 3.26. The van der Waals surface area contributed by atoms with Gasteiger partial charge in [0.05, 0.1) is 12.2 Å². The van der Waals surface area contributed by atoms with Gasteiger partial charge in [0.2, 0.25) is 5.91 Å². The molecule has 5 heteroatoms.